The molecule has 0 saturated carbocycles. The van der Waals surface area contributed by atoms with Crippen LogP contribution in [0.15, 0.2) is 58.7 Å². The van der Waals surface area contributed by atoms with Crippen molar-refractivity contribution in [2.45, 2.75) is 6.92 Å². The fourth-order valence-corrected chi connectivity index (χ4v) is 0.804. The maximum Gasteiger partial charge on any atom is 0.115 e. The molecule has 0 aromatic heterocycles. The van der Waals surface area contributed by atoms with E-state index in [-0.39, 0.29) is 0 Å². The molecule has 2 heteroatoms. The molecule has 0 aromatic rings. The minimum Gasteiger partial charge on any atom is -0.253 e. The molecule has 0 unspecified atom stereocenters. The summed E-state index contributed by atoms with van der Waals surface area (Å²) in [6.07, 6.45) is 8.52. The fourth-order valence-electron chi connectivity index (χ4n) is 0.804. The monoisotopic (exact) mass is 174 g/mol. The second-order valence-corrected chi connectivity index (χ2v) is 2.16. The van der Waals surface area contributed by atoms with E-state index in [1.165, 1.54) is 6.34 Å². The molecule has 0 aliphatic heterocycles. The van der Waals surface area contributed by atoms with E-state index in [0.717, 1.165) is 11.3 Å². The maximum atomic E-state index is 4.07. The number of hydrogen-bond acceptors (Lipinski definition) is 1. The molecule has 0 aliphatic carbocycles. The average molecular weight is 174 g/mol. The van der Waals surface area contributed by atoms with Crippen LogP contribution in [0.4, 0.5) is 0 Å². The van der Waals surface area contributed by atoms with Gasteiger partial charge in [0.05, 0.1) is 5.70 Å². The van der Waals surface area contributed by atoms with Crippen LogP contribution in [0, 0.1) is 0 Å². The number of rotatable bonds is 5. The minimum absolute atomic E-state index is 0.808. The van der Waals surface area contributed by atoms with Gasteiger partial charge in [-0.3, -0.25) is 4.99 Å². The molecule has 0 atom stereocenters. The Morgan fingerprint density at radius 3 is 2.38 bits per heavy atom. The lowest BCUT2D eigenvalue weighted by molar-refractivity contribution is 1.32. The van der Waals surface area contributed by atoms with Crippen molar-refractivity contribution in [1.82, 2.24) is 0 Å². The number of allylic oxidation sites excluding steroid dienone is 4. The standard InChI is InChI=1S/C11H14N2/c1-5-8-10(6-2)11(7-3)13-9-12-4/h5-9H,1-2,4H2,3H3/b10-8-,11-7+,13-9-. The fraction of sp³-hybridized carbons (Fsp3) is 0.0909. The van der Waals surface area contributed by atoms with Gasteiger partial charge in [0.1, 0.15) is 6.34 Å². The first-order chi connectivity index (χ1) is 6.29. The van der Waals surface area contributed by atoms with Gasteiger partial charge in [-0.2, -0.15) is 0 Å². The Balaban J connectivity index is 4.85. The van der Waals surface area contributed by atoms with Gasteiger partial charge in [-0.25, -0.2) is 4.99 Å². The summed E-state index contributed by atoms with van der Waals surface area (Å²) in [6, 6.07) is 0. The maximum absolute atomic E-state index is 4.07. The van der Waals surface area contributed by atoms with E-state index in [4.69, 9.17) is 0 Å². The Bertz CT molecular complexity index is 280. The van der Waals surface area contributed by atoms with Crippen LogP contribution in [-0.2, 0) is 0 Å². The molecule has 0 radical (unpaired) electrons. The SMILES string of the molecule is C=C\C=C(C=C)/C(=C\C)/N=C\N=C. The lowest BCUT2D eigenvalue weighted by Gasteiger charge is -1.99. The van der Waals surface area contributed by atoms with E-state index < -0.39 is 0 Å². The van der Waals surface area contributed by atoms with E-state index in [1.54, 1.807) is 12.2 Å². The van der Waals surface area contributed by atoms with Crippen molar-refractivity contribution >= 4 is 13.1 Å². The van der Waals surface area contributed by atoms with Crippen LogP contribution in [0.2, 0.25) is 0 Å². The summed E-state index contributed by atoms with van der Waals surface area (Å²) < 4.78 is 0. The van der Waals surface area contributed by atoms with Gasteiger partial charge >= 0.3 is 0 Å². The van der Waals surface area contributed by atoms with Crippen molar-refractivity contribution in [3.05, 3.63) is 48.7 Å². The van der Waals surface area contributed by atoms with E-state index in [0.29, 0.717) is 0 Å². The Kier molecular flexibility index (Phi) is 6.06. The van der Waals surface area contributed by atoms with Gasteiger partial charge in [0, 0.05) is 0 Å². The van der Waals surface area contributed by atoms with E-state index in [1.807, 2.05) is 19.1 Å². The molecule has 0 fully saturated rings. The quantitative estimate of drug-likeness (QED) is 0.348. The van der Waals surface area contributed by atoms with Crippen molar-refractivity contribution in [2.24, 2.45) is 9.98 Å². The molecule has 0 rings (SSSR count). The van der Waals surface area contributed by atoms with Crippen LogP contribution >= 0.6 is 0 Å². The van der Waals surface area contributed by atoms with Gasteiger partial charge < -0.3 is 0 Å². The molecule has 13 heavy (non-hydrogen) atoms. The molecule has 0 bridgehead atoms. The van der Waals surface area contributed by atoms with Crippen molar-refractivity contribution in [3.8, 4) is 0 Å². The second-order valence-electron chi connectivity index (χ2n) is 2.16. The Morgan fingerprint density at radius 1 is 1.31 bits per heavy atom. The van der Waals surface area contributed by atoms with Gasteiger partial charge in [0.25, 0.3) is 0 Å². The highest BCUT2D eigenvalue weighted by Crippen LogP contribution is 2.11. The zero-order valence-corrected chi connectivity index (χ0v) is 7.90. The summed E-state index contributed by atoms with van der Waals surface area (Å²) in [4.78, 5) is 7.60. The summed E-state index contributed by atoms with van der Waals surface area (Å²) in [6.45, 7) is 12.5. The number of nitrogens with zero attached hydrogens (tertiary/aromatic N) is 2. The van der Waals surface area contributed by atoms with Crippen molar-refractivity contribution in [1.29, 1.82) is 0 Å². The average Bonchev–Trinajstić information content (AvgIpc) is 2.17. The molecule has 0 aliphatic rings. The minimum atomic E-state index is 0.808. The molecule has 0 heterocycles. The molecule has 2 nitrogen and oxygen atoms in total. The van der Waals surface area contributed by atoms with E-state index in [9.17, 15) is 0 Å². The van der Waals surface area contributed by atoms with E-state index >= 15 is 0 Å². The normalized spacial score (nSPS) is 13.0. The van der Waals surface area contributed by atoms with Gasteiger partial charge in [0.2, 0.25) is 0 Å². The highest BCUT2D eigenvalue weighted by molar-refractivity contribution is 5.64. The van der Waals surface area contributed by atoms with Crippen LogP contribution in [0.5, 0.6) is 0 Å². The van der Waals surface area contributed by atoms with Gasteiger partial charge in [-0.05, 0) is 19.2 Å². The van der Waals surface area contributed by atoms with Crippen LogP contribution in [0.25, 0.3) is 0 Å². The van der Waals surface area contributed by atoms with Gasteiger partial charge in [-0.1, -0.05) is 37.5 Å². The predicted octanol–water partition coefficient (Wildman–Crippen LogP) is 2.92. The molecule has 0 saturated heterocycles. The lowest BCUT2D eigenvalue weighted by atomic mass is 10.1. The zero-order valence-electron chi connectivity index (χ0n) is 7.90. The third kappa shape index (κ3) is 4.01. The summed E-state index contributed by atoms with van der Waals surface area (Å²) in [5.41, 5.74) is 1.72. The molecule has 0 N–H and O–H groups in total. The summed E-state index contributed by atoms with van der Waals surface area (Å²) in [7, 11) is 0. The summed E-state index contributed by atoms with van der Waals surface area (Å²) in [5, 5.41) is 0. The molecule has 0 spiro atoms. The highest BCUT2D eigenvalue weighted by Gasteiger charge is 1.95. The Labute approximate surface area is 79.4 Å². The van der Waals surface area contributed by atoms with Gasteiger partial charge in [0.15, 0.2) is 0 Å². The van der Waals surface area contributed by atoms with Crippen LogP contribution in [0.1, 0.15) is 6.92 Å². The predicted molar refractivity (Wildman–Crippen MR) is 60.3 cm³/mol. The van der Waals surface area contributed by atoms with E-state index in [2.05, 4.69) is 29.9 Å². The molecule has 0 aromatic carbocycles. The first kappa shape index (κ1) is 11.3. The first-order valence-electron chi connectivity index (χ1n) is 3.90. The number of aliphatic imine (C=N–C) groups is 2. The number of hydrogen-bond donors (Lipinski definition) is 0. The molecular formula is C11H14N2. The topological polar surface area (TPSA) is 24.7 Å². The summed E-state index contributed by atoms with van der Waals surface area (Å²) in [5.74, 6) is 0. The van der Waals surface area contributed by atoms with Crippen LogP contribution < -0.4 is 0 Å². The Hall–Kier alpha value is -1.70. The lowest BCUT2D eigenvalue weighted by Crippen LogP contribution is -1.82. The van der Waals surface area contributed by atoms with Crippen LogP contribution in [0.3, 0.4) is 0 Å². The molecule has 68 valence electrons. The van der Waals surface area contributed by atoms with Crippen LogP contribution in [-0.4, -0.2) is 13.1 Å². The van der Waals surface area contributed by atoms with Gasteiger partial charge in [-0.15, -0.1) is 0 Å². The zero-order chi connectivity index (χ0) is 10.1. The van der Waals surface area contributed by atoms with Crippen molar-refractivity contribution in [3.63, 3.8) is 0 Å². The third-order valence-electron chi connectivity index (χ3n) is 1.36. The summed E-state index contributed by atoms with van der Waals surface area (Å²) >= 11 is 0. The highest BCUT2D eigenvalue weighted by atomic mass is 14.8. The second kappa shape index (κ2) is 6.98. The molecular weight excluding hydrogens is 160 g/mol. The molecule has 0 amide bonds. The smallest absolute Gasteiger partial charge is 0.115 e. The third-order valence-corrected chi connectivity index (χ3v) is 1.36. The van der Waals surface area contributed by atoms with Crippen molar-refractivity contribution in [2.75, 3.05) is 0 Å². The first-order valence-corrected chi connectivity index (χ1v) is 3.90. The Morgan fingerprint density at radius 2 is 2.00 bits per heavy atom. The van der Waals surface area contributed by atoms with Crippen molar-refractivity contribution < 1.29 is 0 Å². The largest absolute Gasteiger partial charge is 0.253 e.